The highest BCUT2D eigenvalue weighted by atomic mass is 19.1. The molecule has 98 valence electrons. The highest BCUT2D eigenvalue weighted by molar-refractivity contribution is 5.94. The van der Waals surface area contributed by atoms with E-state index in [-0.39, 0.29) is 17.1 Å². The molecule has 0 aromatic heterocycles. The van der Waals surface area contributed by atoms with Crippen LogP contribution in [0, 0.1) is 12.7 Å². The number of carbonyl (C=O) groups excluding carboxylic acids is 1. The molecule has 0 aliphatic carbocycles. The van der Waals surface area contributed by atoms with Gasteiger partial charge in [0.2, 0.25) is 0 Å². The van der Waals surface area contributed by atoms with Crippen molar-refractivity contribution in [3.05, 3.63) is 35.1 Å². The first-order chi connectivity index (χ1) is 8.50. The topological polar surface area (TPSA) is 38.3 Å². The number of nitrogens with one attached hydrogen (secondary N) is 1. The molecule has 1 amide bonds. The highest BCUT2D eigenvalue weighted by Gasteiger charge is 2.30. The third kappa shape index (κ3) is 2.88. The van der Waals surface area contributed by atoms with Crippen molar-refractivity contribution in [1.29, 1.82) is 0 Å². The van der Waals surface area contributed by atoms with Crippen molar-refractivity contribution in [1.82, 2.24) is 5.32 Å². The Morgan fingerprint density at radius 3 is 2.94 bits per heavy atom. The standard InChI is InChI=1S/C14H18FNO2/c1-10-4-5-11(12(15)8-10)13(17)16-9-14(2)6-3-7-18-14/h4-5,8H,3,6-7,9H2,1-2H3,(H,16,17). The normalized spacial score (nSPS) is 23.1. The Kier molecular flexibility index (Phi) is 3.66. The minimum Gasteiger partial charge on any atom is -0.373 e. The van der Waals surface area contributed by atoms with E-state index in [0.29, 0.717) is 6.54 Å². The van der Waals surface area contributed by atoms with Crippen LogP contribution in [0.1, 0.15) is 35.7 Å². The minimum absolute atomic E-state index is 0.0854. The van der Waals surface area contributed by atoms with Crippen molar-refractivity contribution in [3.63, 3.8) is 0 Å². The van der Waals surface area contributed by atoms with Crippen molar-refractivity contribution < 1.29 is 13.9 Å². The van der Waals surface area contributed by atoms with E-state index in [1.807, 2.05) is 6.92 Å². The molecule has 2 rings (SSSR count). The summed E-state index contributed by atoms with van der Waals surface area (Å²) < 4.78 is 19.2. The largest absolute Gasteiger partial charge is 0.373 e. The lowest BCUT2D eigenvalue weighted by Gasteiger charge is -2.23. The second-order valence-electron chi connectivity index (χ2n) is 5.07. The molecule has 1 aromatic rings. The third-order valence-corrected chi connectivity index (χ3v) is 3.29. The van der Waals surface area contributed by atoms with Crippen molar-refractivity contribution in [2.75, 3.05) is 13.2 Å². The van der Waals surface area contributed by atoms with E-state index in [2.05, 4.69) is 5.32 Å². The summed E-state index contributed by atoms with van der Waals surface area (Å²) in [6.07, 6.45) is 1.93. The quantitative estimate of drug-likeness (QED) is 0.896. The molecule has 0 radical (unpaired) electrons. The van der Waals surface area contributed by atoms with Crippen molar-refractivity contribution in [3.8, 4) is 0 Å². The van der Waals surface area contributed by atoms with Crippen LogP contribution in [0.4, 0.5) is 4.39 Å². The molecule has 0 bridgehead atoms. The van der Waals surface area contributed by atoms with Crippen LogP contribution in [0.2, 0.25) is 0 Å². The Hall–Kier alpha value is -1.42. The molecule has 1 unspecified atom stereocenters. The molecule has 1 fully saturated rings. The Morgan fingerprint density at radius 1 is 1.56 bits per heavy atom. The van der Waals surface area contributed by atoms with Gasteiger partial charge >= 0.3 is 0 Å². The van der Waals surface area contributed by atoms with E-state index >= 15 is 0 Å². The molecule has 1 saturated heterocycles. The first-order valence-corrected chi connectivity index (χ1v) is 6.18. The molecule has 18 heavy (non-hydrogen) atoms. The number of rotatable bonds is 3. The van der Waals surface area contributed by atoms with Gasteiger partial charge in [-0.15, -0.1) is 0 Å². The van der Waals surface area contributed by atoms with E-state index in [9.17, 15) is 9.18 Å². The summed E-state index contributed by atoms with van der Waals surface area (Å²) in [5.74, 6) is -0.866. The second kappa shape index (κ2) is 5.06. The third-order valence-electron chi connectivity index (χ3n) is 3.29. The molecule has 1 heterocycles. The zero-order chi connectivity index (χ0) is 13.2. The second-order valence-corrected chi connectivity index (χ2v) is 5.07. The van der Waals surface area contributed by atoms with Crippen molar-refractivity contribution >= 4 is 5.91 Å². The molecule has 1 aromatic carbocycles. The maximum Gasteiger partial charge on any atom is 0.254 e. The fourth-order valence-electron chi connectivity index (χ4n) is 2.14. The lowest BCUT2D eigenvalue weighted by molar-refractivity contribution is 0.0205. The van der Waals surface area contributed by atoms with Gasteiger partial charge in [-0.05, 0) is 44.4 Å². The smallest absolute Gasteiger partial charge is 0.254 e. The van der Waals surface area contributed by atoms with Gasteiger partial charge in [-0.2, -0.15) is 0 Å². The molecule has 1 aliphatic heterocycles. The number of hydrogen-bond acceptors (Lipinski definition) is 2. The zero-order valence-electron chi connectivity index (χ0n) is 10.8. The Morgan fingerprint density at radius 2 is 2.33 bits per heavy atom. The van der Waals surface area contributed by atoms with Crippen LogP contribution >= 0.6 is 0 Å². The van der Waals surface area contributed by atoms with Crippen LogP contribution in [-0.4, -0.2) is 24.7 Å². The van der Waals surface area contributed by atoms with E-state index in [1.54, 1.807) is 13.0 Å². The number of benzene rings is 1. The lowest BCUT2D eigenvalue weighted by atomic mass is 10.0. The molecule has 0 spiro atoms. The molecular weight excluding hydrogens is 233 g/mol. The Bertz CT molecular complexity index is 453. The summed E-state index contributed by atoms with van der Waals surface area (Å²) in [5.41, 5.74) is 0.578. The maximum atomic E-state index is 13.6. The number of carbonyl (C=O) groups is 1. The van der Waals surface area contributed by atoms with Gasteiger partial charge in [0, 0.05) is 13.2 Å². The Labute approximate surface area is 106 Å². The van der Waals surface area contributed by atoms with E-state index < -0.39 is 5.82 Å². The average molecular weight is 251 g/mol. The SMILES string of the molecule is Cc1ccc(C(=O)NCC2(C)CCCO2)c(F)c1. The number of hydrogen-bond donors (Lipinski definition) is 1. The molecule has 1 aliphatic rings. The van der Waals surface area contributed by atoms with Gasteiger partial charge in [-0.1, -0.05) is 6.07 Å². The molecule has 1 N–H and O–H groups in total. The number of amides is 1. The number of aryl methyl sites for hydroxylation is 1. The van der Waals surface area contributed by atoms with Crippen LogP contribution in [0.25, 0.3) is 0 Å². The first kappa shape index (κ1) is 13.0. The van der Waals surface area contributed by atoms with E-state index in [4.69, 9.17) is 4.74 Å². The molecule has 0 saturated carbocycles. The summed E-state index contributed by atoms with van der Waals surface area (Å²) in [4.78, 5) is 11.9. The average Bonchev–Trinajstić information content (AvgIpc) is 2.74. The van der Waals surface area contributed by atoms with Crippen molar-refractivity contribution in [2.45, 2.75) is 32.3 Å². The van der Waals surface area contributed by atoms with Crippen LogP contribution in [-0.2, 0) is 4.74 Å². The molecule has 1 atom stereocenters. The van der Waals surface area contributed by atoms with Crippen LogP contribution < -0.4 is 5.32 Å². The summed E-state index contributed by atoms with van der Waals surface area (Å²) >= 11 is 0. The number of halogens is 1. The summed E-state index contributed by atoms with van der Waals surface area (Å²) in [6, 6.07) is 4.60. The first-order valence-electron chi connectivity index (χ1n) is 6.18. The molecule has 4 heteroatoms. The van der Waals surface area contributed by atoms with E-state index in [0.717, 1.165) is 25.0 Å². The van der Waals surface area contributed by atoms with Gasteiger partial charge in [0.1, 0.15) is 5.82 Å². The molecular formula is C14H18FNO2. The van der Waals surface area contributed by atoms with Gasteiger partial charge < -0.3 is 10.1 Å². The predicted octanol–water partition coefficient (Wildman–Crippen LogP) is 2.43. The Balaban J connectivity index is 1.99. The van der Waals surface area contributed by atoms with E-state index in [1.165, 1.54) is 12.1 Å². The van der Waals surface area contributed by atoms with Gasteiger partial charge in [0.05, 0.1) is 11.2 Å². The van der Waals surface area contributed by atoms with Crippen molar-refractivity contribution in [2.24, 2.45) is 0 Å². The van der Waals surface area contributed by atoms with Gasteiger partial charge in [-0.25, -0.2) is 4.39 Å². The number of ether oxygens (including phenoxy) is 1. The monoisotopic (exact) mass is 251 g/mol. The van der Waals surface area contributed by atoms with Gasteiger partial charge in [0.15, 0.2) is 0 Å². The highest BCUT2D eigenvalue weighted by Crippen LogP contribution is 2.24. The van der Waals surface area contributed by atoms with Gasteiger partial charge in [-0.3, -0.25) is 4.79 Å². The zero-order valence-corrected chi connectivity index (χ0v) is 10.8. The summed E-state index contributed by atoms with van der Waals surface area (Å²) in [7, 11) is 0. The van der Waals surface area contributed by atoms with Gasteiger partial charge in [0.25, 0.3) is 5.91 Å². The van der Waals surface area contributed by atoms with Crippen LogP contribution in [0.5, 0.6) is 0 Å². The summed E-state index contributed by atoms with van der Waals surface area (Å²) in [6.45, 7) is 4.90. The maximum absolute atomic E-state index is 13.6. The van der Waals surface area contributed by atoms with Crippen LogP contribution in [0.15, 0.2) is 18.2 Å². The minimum atomic E-state index is -0.481. The fraction of sp³-hybridized carbons (Fsp3) is 0.500. The summed E-state index contributed by atoms with van der Waals surface area (Å²) in [5, 5.41) is 2.74. The molecule has 3 nitrogen and oxygen atoms in total. The predicted molar refractivity (Wildman–Crippen MR) is 67.1 cm³/mol. The lowest BCUT2D eigenvalue weighted by Crippen LogP contribution is -2.40. The van der Waals surface area contributed by atoms with Crippen LogP contribution in [0.3, 0.4) is 0 Å². The fourth-order valence-corrected chi connectivity index (χ4v) is 2.14.